The third kappa shape index (κ3) is 3.85. The average Bonchev–Trinajstić information content (AvgIpc) is 2.43. The molecule has 1 unspecified atom stereocenters. The van der Waals surface area contributed by atoms with E-state index in [2.05, 4.69) is 25.2 Å². The smallest absolute Gasteiger partial charge is 0.161 e. The van der Waals surface area contributed by atoms with Gasteiger partial charge in [0.2, 0.25) is 0 Å². The summed E-state index contributed by atoms with van der Waals surface area (Å²) in [5, 5.41) is 12.6. The highest BCUT2D eigenvalue weighted by molar-refractivity contribution is 5.43. The summed E-state index contributed by atoms with van der Waals surface area (Å²) in [5.41, 5.74) is 1.17. The lowest BCUT2D eigenvalue weighted by atomic mass is 10.0. The van der Waals surface area contributed by atoms with E-state index in [1.54, 1.807) is 0 Å². The van der Waals surface area contributed by atoms with Gasteiger partial charge < -0.3 is 19.9 Å². The van der Waals surface area contributed by atoms with Crippen molar-refractivity contribution in [1.82, 2.24) is 5.32 Å². The summed E-state index contributed by atoms with van der Waals surface area (Å²) in [6.45, 7) is 6.56. The van der Waals surface area contributed by atoms with E-state index in [1.807, 2.05) is 12.1 Å². The van der Waals surface area contributed by atoms with E-state index in [9.17, 15) is 0 Å². The van der Waals surface area contributed by atoms with Crippen LogP contribution in [0.1, 0.15) is 25.8 Å². The number of hydrogen-bond donors (Lipinski definition) is 2. The molecule has 0 fully saturated rings. The molecule has 0 aliphatic carbocycles. The maximum atomic E-state index is 9.06. The van der Waals surface area contributed by atoms with Gasteiger partial charge in [0.1, 0.15) is 13.2 Å². The minimum absolute atomic E-state index is 0.219. The Morgan fingerprint density at radius 2 is 1.95 bits per heavy atom. The fourth-order valence-electron chi connectivity index (χ4n) is 2.26. The van der Waals surface area contributed by atoms with Crippen LogP contribution in [0.3, 0.4) is 0 Å². The van der Waals surface area contributed by atoms with Gasteiger partial charge in [-0.15, -0.1) is 0 Å². The second-order valence-corrected chi connectivity index (χ2v) is 5.22. The minimum Gasteiger partial charge on any atom is -0.486 e. The first-order chi connectivity index (χ1) is 9.20. The van der Waals surface area contributed by atoms with Crippen molar-refractivity contribution in [3.05, 3.63) is 23.8 Å². The van der Waals surface area contributed by atoms with Crippen molar-refractivity contribution >= 4 is 0 Å². The molecule has 0 aromatic heterocycles. The number of aliphatic hydroxyl groups is 1. The number of nitrogens with one attached hydrogen (secondary N) is 1. The monoisotopic (exact) mass is 265 g/mol. The highest BCUT2D eigenvalue weighted by Crippen LogP contribution is 2.30. The predicted octanol–water partition coefficient (Wildman–Crippen LogP) is 1.95. The molecule has 0 spiro atoms. The molecule has 0 saturated heterocycles. The standard InChI is InChI=1S/C15H23NO3/c1-11(2)13(5-6-17)16-10-12-3-4-14-15(9-12)19-8-7-18-14/h3-4,9,11,13,16-17H,5-8,10H2,1-2H3. The SMILES string of the molecule is CC(C)C(CCO)NCc1ccc2c(c1)OCCO2. The molecule has 0 radical (unpaired) electrons. The van der Waals surface area contributed by atoms with Gasteiger partial charge in [-0.25, -0.2) is 0 Å². The molecule has 0 bridgehead atoms. The van der Waals surface area contributed by atoms with Gasteiger partial charge in [0, 0.05) is 19.2 Å². The molecule has 106 valence electrons. The zero-order valence-electron chi connectivity index (χ0n) is 11.7. The van der Waals surface area contributed by atoms with Gasteiger partial charge in [-0.2, -0.15) is 0 Å². The van der Waals surface area contributed by atoms with E-state index in [0.29, 0.717) is 25.2 Å². The van der Waals surface area contributed by atoms with Gasteiger partial charge in [0.25, 0.3) is 0 Å². The Morgan fingerprint density at radius 1 is 1.21 bits per heavy atom. The molecule has 2 rings (SSSR count). The Balaban J connectivity index is 1.95. The van der Waals surface area contributed by atoms with Crippen molar-refractivity contribution in [3.8, 4) is 11.5 Å². The Labute approximate surface area is 114 Å². The van der Waals surface area contributed by atoms with E-state index >= 15 is 0 Å². The Bertz CT molecular complexity index is 406. The van der Waals surface area contributed by atoms with Crippen molar-refractivity contribution in [2.24, 2.45) is 5.92 Å². The topological polar surface area (TPSA) is 50.7 Å². The summed E-state index contributed by atoms with van der Waals surface area (Å²) in [7, 11) is 0. The van der Waals surface area contributed by atoms with Gasteiger partial charge in [-0.3, -0.25) is 0 Å². The lowest BCUT2D eigenvalue weighted by molar-refractivity contribution is 0.171. The van der Waals surface area contributed by atoms with Gasteiger partial charge in [-0.05, 0) is 30.0 Å². The van der Waals surface area contributed by atoms with Gasteiger partial charge in [0.05, 0.1) is 0 Å². The molecular weight excluding hydrogens is 242 g/mol. The van der Waals surface area contributed by atoms with Crippen molar-refractivity contribution in [3.63, 3.8) is 0 Å². The van der Waals surface area contributed by atoms with E-state index in [4.69, 9.17) is 14.6 Å². The van der Waals surface area contributed by atoms with Crippen molar-refractivity contribution < 1.29 is 14.6 Å². The summed E-state index contributed by atoms with van der Waals surface area (Å²) in [6, 6.07) is 6.37. The highest BCUT2D eigenvalue weighted by atomic mass is 16.6. The molecule has 1 aromatic carbocycles. The number of fused-ring (bicyclic) bond motifs is 1. The first-order valence-electron chi connectivity index (χ1n) is 6.93. The molecular formula is C15H23NO3. The molecule has 1 aromatic rings. The van der Waals surface area contributed by atoms with Crippen molar-refractivity contribution in [2.45, 2.75) is 32.9 Å². The molecule has 0 amide bonds. The maximum absolute atomic E-state index is 9.06. The van der Waals surface area contributed by atoms with Crippen molar-refractivity contribution in [2.75, 3.05) is 19.8 Å². The predicted molar refractivity (Wildman–Crippen MR) is 74.6 cm³/mol. The number of aliphatic hydroxyl groups excluding tert-OH is 1. The molecule has 1 aliphatic rings. The van der Waals surface area contributed by atoms with Crippen LogP contribution in [-0.2, 0) is 6.54 Å². The molecule has 4 heteroatoms. The molecule has 19 heavy (non-hydrogen) atoms. The Hall–Kier alpha value is -1.26. The third-order valence-electron chi connectivity index (χ3n) is 3.42. The maximum Gasteiger partial charge on any atom is 0.161 e. The lowest BCUT2D eigenvalue weighted by Crippen LogP contribution is -2.34. The first kappa shape index (κ1) is 14.2. The van der Waals surface area contributed by atoms with E-state index in [1.165, 1.54) is 5.56 Å². The average molecular weight is 265 g/mol. The minimum atomic E-state index is 0.219. The number of rotatable bonds is 6. The quantitative estimate of drug-likeness (QED) is 0.825. The number of benzene rings is 1. The van der Waals surface area contributed by atoms with Gasteiger partial charge >= 0.3 is 0 Å². The third-order valence-corrected chi connectivity index (χ3v) is 3.42. The van der Waals surface area contributed by atoms with Gasteiger partial charge in [0.15, 0.2) is 11.5 Å². The summed E-state index contributed by atoms with van der Waals surface area (Å²) in [4.78, 5) is 0. The van der Waals surface area contributed by atoms with Crippen LogP contribution in [0.15, 0.2) is 18.2 Å². The fraction of sp³-hybridized carbons (Fsp3) is 0.600. The normalized spacial score (nSPS) is 15.6. The van der Waals surface area contributed by atoms with Crippen LogP contribution in [0, 0.1) is 5.92 Å². The molecule has 1 atom stereocenters. The van der Waals surface area contributed by atoms with E-state index < -0.39 is 0 Å². The van der Waals surface area contributed by atoms with Crippen LogP contribution >= 0.6 is 0 Å². The summed E-state index contributed by atoms with van der Waals surface area (Å²) < 4.78 is 11.1. The largest absolute Gasteiger partial charge is 0.486 e. The lowest BCUT2D eigenvalue weighted by Gasteiger charge is -2.23. The summed E-state index contributed by atoms with van der Waals surface area (Å²) in [5.74, 6) is 2.16. The van der Waals surface area contributed by atoms with Crippen LogP contribution in [0.5, 0.6) is 11.5 Å². The molecule has 1 aliphatic heterocycles. The van der Waals surface area contributed by atoms with Crippen LogP contribution in [0.25, 0.3) is 0 Å². The number of hydrogen-bond acceptors (Lipinski definition) is 4. The second-order valence-electron chi connectivity index (χ2n) is 5.22. The zero-order chi connectivity index (χ0) is 13.7. The molecule has 0 saturated carbocycles. The summed E-state index contributed by atoms with van der Waals surface area (Å²) >= 11 is 0. The van der Waals surface area contributed by atoms with E-state index in [-0.39, 0.29) is 6.61 Å². The van der Waals surface area contributed by atoms with Crippen LogP contribution in [0.4, 0.5) is 0 Å². The Morgan fingerprint density at radius 3 is 2.63 bits per heavy atom. The molecule has 4 nitrogen and oxygen atoms in total. The van der Waals surface area contributed by atoms with E-state index in [0.717, 1.165) is 24.5 Å². The second kappa shape index (κ2) is 6.78. The molecule has 1 heterocycles. The highest BCUT2D eigenvalue weighted by Gasteiger charge is 2.14. The molecule has 2 N–H and O–H groups in total. The number of ether oxygens (including phenoxy) is 2. The fourth-order valence-corrected chi connectivity index (χ4v) is 2.26. The Kier molecular flexibility index (Phi) is 5.05. The first-order valence-corrected chi connectivity index (χ1v) is 6.93. The van der Waals surface area contributed by atoms with Gasteiger partial charge in [-0.1, -0.05) is 19.9 Å². The van der Waals surface area contributed by atoms with Crippen LogP contribution < -0.4 is 14.8 Å². The zero-order valence-corrected chi connectivity index (χ0v) is 11.7. The van der Waals surface area contributed by atoms with Crippen LogP contribution in [0.2, 0.25) is 0 Å². The van der Waals surface area contributed by atoms with Crippen LogP contribution in [-0.4, -0.2) is 31.0 Å². The summed E-state index contributed by atoms with van der Waals surface area (Å²) in [6.07, 6.45) is 0.780. The van der Waals surface area contributed by atoms with Crippen molar-refractivity contribution in [1.29, 1.82) is 0 Å².